The molecule has 0 radical (unpaired) electrons. The molecule has 132 valence electrons. The van der Waals surface area contributed by atoms with E-state index in [1.165, 1.54) is 19.3 Å². The Labute approximate surface area is 144 Å². The van der Waals surface area contributed by atoms with Gasteiger partial charge in [0.05, 0.1) is 0 Å². The molecule has 0 spiro atoms. The molecule has 0 N–H and O–H groups in total. The summed E-state index contributed by atoms with van der Waals surface area (Å²) in [5.74, 6) is 2.16. The molecule has 1 aromatic rings. The van der Waals surface area contributed by atoms with Gasteiger partial charge in [-0.25, -0.2) is 4.98 Å². The van der Waals surface area contributed by atoms with Crippen molar-refractivity contribution in [3.8, 4) is 0 Å². The van der Waals surface area contributed by atoms with Gasteiger partial charge in [-0.05, 0) is 32.6 Å². The van der Waals surface area contributed by atoms with E-state index in [1.54, 1.807) is 0 Å². The largest absolute Gasteiger partial charge is 0.353 e. The fourth-order valence-corrected chi connectivity index (χ4v) is 3.49. The zero-order valence-corrected chi connectivity index (χ0v) is 15.0. The van der Waals surface area contributed by atoms with Crippen molar-refractivity contribution in [2.24, 2.45) is 0 Å². The molecule has 0 saturated carbocycles. The number of carbonyl (C=O) groups is 1. The minimum Gasteiger partial charge on any atom is -0.353 e. The number of piperidine rings is 1. The zero-order chi connectivity index (χ0) is 16.9. The molecular weight excluding hydrogens is 302 g/mol. The summed E-state index contributed by atoms with van der Waals surface area (Å²) in [7, 11) is 0. The summed E-state index contributed by atoms with van der Waals surface area (Å²) < 4.78 is 0. The zero-order valence-electron chi connectivity index (χ0n) is 15.0. The van der Waals surface area contributed by atoms with Crippen LogP contribution in [0.25, 0.3) is 0 Å². The van der Waals surface area contributed by atoms with Gasteiger partial charge in [-0.2, -0.15) is 4.98 Å². The fraction of sp³-hybridized carbons (Fsp3) is 0.722. The summed E-state index contributed by atoms with van der Waals surface area (Å²) in [5, 5.41) is 0. The minimum absolute atomic E-state index is 0.282. The van der Waals surface area contributed by atoms with Crippen molar-refractivity contribution in [2.45, 2.75) is 46.0 Å². The van der Waals surface area contributed by atoms with E-state index in [9.17, 15) is 4.79 Å². The molecule has 3 heterocycles. The maximum Gasteiger partial charge on any atom is 0.227 e. The first-order chi connectivity index (χ1) is 11.7. The molecule has 3 rings (SSSR count). The highest BCUT2D eigenvalue weighted by atomic mass is 16.2. The Balaban J connectivity index is 1.67. The van der Waals surface area contributed by atoms with E-state index in [-0.39, 0.29) is 5.91 Å². The standard InChI is InChI=1S/C18H29N5O/c1-3-7-17(24)22-12-10-21(11-13-22)16-14-15(2)19-18(20-16)23-8-5-4-6-9-23/h14H,3-13H2,1-2H3. The molecule has 24 heavy (non-hydrogen) atoms. The number of piperazine rings is 1. The lowest BCUT2D eigenvalue weighted by Crippen LogP contribution is -2.49. The molecule has 1 aromatic heterocycles. The second-order valence-electron chi connectivity index (χ2n) is 6.83. The predicted molar refractivity (Wildman–Crippen MR) is 96.5 cm³/mol. The normalized spacial score (nSPS) is 18.8. The fourth-order valence-electron chi connectivity index (χ4n) is 3.49. The molecule has 6 nitrogen and oxygen atoms in total. The van der Waals surface area contributed by atoms with Crippen LogP contribution in [0.15, 0.2) is 6.07 Å². The van der Waals surface area contributed by atoms with E-state index in [2.05, 4.69) is 27.8 Å². The van der Waals surface area contributed by atoms with Gasteiger partial charge in [0.1, 0.15) is 5.82 Å². The monoisotopic (exact) mass is 331 g/mol. The van der Waals surface area contributed by atoms with Gasteiger partial charge in [0.25, 0.3) is 0 Å². The van der Waals surface area contributed by atoms with E-state index in [1.807, 2.05) is 11.8 Å². The molecule has 0 atom stereocenters. The highest BCUT2D eigenvalue weighted by Gasteiger charge is 2.23. The van der Waals surface area contributed by atoms with Gasteiger partial charge >= 0.3 is 0 Å². The van der Waals surface area contributed by atoms with E-state index < -0.39 is 0 Å². The summed E-state index contributed by atoms with van der Waals surface area (Å²) in [5.41, 5.74) is 1.02. The highest BCUT2D eigenvalue weighted by molar-refractivity contribution is 5.76. The number of aromatic nitrogens is 2. The molecule has 2 aliphatic rings. The number of nitrogens with zero attached hydrogens (tertiary/aromatic N) is 5. The Morgan fingerprint density at radius 3 is 2.38 bits per heavy atom. The van der Waals surface area contributed by atoms with Crippen LogP contribution in [-0.4, -0.2) is 60.0 Å². The molecular formula is C18H29N5O. The molecule has 0 aliphatic carbocycles. The minimum atomic E-state index is 0.282. The number of hydrogen-bond donors (Lipinski definition) is 0. The van der Waals surface area contributed by atoms with Crippen molar-refractivity contribution in [3.05, 3.63) is 11.8 Å². The van der Waals surface area contributed by atoms with E-state index in [0.29, 0.717) is 6.42 Å². The molecule has 2 saturated heterocycles. The van der Waals surface area contributed by atoms with Crippen LogP contribution in [0.1, 0.15) is 44.7 Å². The first-order valence-electron chi connectivity index (χ1n) is 9.30. The van der Waals surface area contributed by atoms with Crippen LogP contribution < -0.4 is 9.80 Å². The first kappa shape index (κ1) is 17.0. The van der Waals surface area contributed by atoms with Crippen molar-refractivity contribution >= 4 is 17.7 Å². The van der Waals surface area contributed by atoms with Gasteiger partial charge in [-0.1, -0.05) is 6.92 Å². The number of hydrogen-bond acceptors (Lipinski definition) is 5. The number of anilines is 2. The number of aryl methyl sites for hydroxylation is 1. The Bertz CT molecular complexity index is 563. The van der Waals surface area contributed by atoms with Gasteiger partial charge < -0.3 is 14.7 Å². The molecule has 2 aliphatic heterocycles. The number of rotatable bonds is 4. The van der Waals surface area contributed by atoms with Crippen LogP contribution in [0.3, 0.4) is 0 Å². The third-order valence-electron chi connectivity index (χ3n) is 4.89. The quantitative estimate of drug-likeness (QED) is 0.847. The Hall–Kier alpha value is -1.85. The topological polar surface area (TPSA) is 52.6 Å². The summed E-state index contributed by atoms with van der Waals surface area (Å²) >= 11 is 0. The average Bonchev–Trinajstić information content (AvgIpc) is 2.62. The van der Waals surface area contributed by atoms with Crippen molar-refractivity contribution in [1.29, 1.82) is 0 Å². The van der Waals surface area contributed by atoms with Gasteiger partial charge in [-0.15, -0.1) is 0 Å². The van der Waals surface area contributed by atoms with Crippen LogP contribution >= 0.6 is 0 Å². The lowest BCUT2D eigenvalue weighted by molar-refractivity contribution is -0.131. The highest BCUT2D eigenvalue weighted by Crippen LogP contribution is 2.21. The Morgan fingerprint density at radius 2 is 1.71 bits per heavy atom. The summed E-state index contributed by atoms with van der Waals surface area (Å²) in [6.45, 7) is 9.50. The Kier molecular flexibility index (Phi) is 5.53. The maximum atomic E-state index is 12.0. The van der Waals surface area contributed by atoms with Crippen LogP contribution in [0.4, 0.5) is 11.8 Å². The van der Waals surface area contributed by atoms with E-state index >= 15 is 0 Å². The number of amides is 1. The second-order valence-corrected chi connectivity index (χ2v) is 6.83. The van der Waals surface area contributed by atoms with E-state index in [4.69, 9.17) is 4.98 Å². The third kappa shape index (κ3) is 3.97. The van der Waals surface area contributed by atoms with Crippen molar-refractivity contribution in [3.63, 3.8) is 0 Å². The molecule has 6 heteroatoms. The van der Waals surface area contributed by atoms with Crippen LogP contribution in [0.5, 0.6) is 0 Å². The van der Waals surface area contributed by atoms with Gasteiger partial charge in [-0.3, -0.25) is 4.79 Å². The van der Waals surface area contributed by atoms with Crippen LogP contribution in [-0.2, 0) is 4.79 Å². The summed E-state index contributed by atoms with van der Waals surface area (Å²) in [4.78, 5) is 28.1. The Morgan fingerprint density at radius 1 is 1.00 bits per heavy atom. The van der Waals surface area contributed by atoms with Gasteiger partial charge in [0.2, 0.25) is 11.9 Å². The maximum absolute atomic E-state index is 12.0. The third-order valence-corrected chi connectivity index (χ3v) is 4.89. The molecule has 0 aromatic carbocycles. The van der Waals surface area contributed by atoms with Gasteiger partial charge in [0, 0.05) is 57.4 Å². The summed E-state index contributed by atoms with van der Waals surface area (Å²) in [6, 6.07) is 2.07. The lowest BCUT2D eigenvalue weighted by Gasteiger charge is -2.36. The average molecular weight is 331 g/mol. The molecule has 2 fully saturated rings. The lowest BCUT2D eigenvalue weighted by atomic mass is 10.1. The van der Waals surface area contributed by atoms with Crippen LogP contribution in [0.2, 0.25) is 0 Å². The molecule has 0 unspecified atom stereocenters. The smallest absolute Gasteiger partial charge is 0.227 e. The van der Waals surface area contributed by atoms with E-state index in [0.717, 1.165) is 63.1 Å². The van der Waals surface area contributed by atoms with Crippen molar-refractivity contribution in [1.82, 2.24) is 14.9 Å². The predicted octanol–water partition coefficient (Wildman–Crippen LogP) is 2.22. The van der Waals surface area contributed by atoms with Crippen molar-refractivity contribution in [2.75, 3.05) is 49.1 Å². The SMILES string of the molecule is CCCC(=O)N1CCN(c2cc(C)nc(N3CCCCC3)n2)CC1. The number of carbonyl (C=O) groups excluding carboxylic acids is 1. The van der Waals surface area contributed by atoms with Crippen molar-refractivity contribution < 1.29 is 4.79 Å². The first-order valence-corrected chi connectivity index (χ1v) is 9.30. The van der Waals surface area contributed by atoms with Gasteiger partial charge in [0.15, 0.2) is 0 Å². The molecule has 1 amide bonds. The summed E-state index contributed by atoms with van der Waals surface area (Å²) in [6.07, 6.45) is 5.34. The van der Waals surface area contributed by atoms with Crippen LogP contribution in [0, 0.1) is 6.92 Å². The second kappa shape index (κ2) is 7.81. The molecule has 0 bridgehead atoms.